The number of rotatable bonds is 4. The minimum absolute atomic E-state index is 0.0103. The molecule has 2 aromatic heterocycles. The number of aromatic nitrogens is 2. The number of benzene rings is 1. The summed E-state index contributed by atoms with van der Waals surface area (Å²) in [5.41, 5.74) is 2.18. The number of imidazole rings is 1. The number of nitrogens with zero attached hydrogens (tertiary/aromatic N) is 2. The van der Waals surface area contributed by atoms with Crippen molar-refractivity contribution >= 4 is 34.7 Å². The van der Waals surface area contributed by atoms with E-state index in [2.05, 4.69) is 16.4 Å². The second-order valence-corrected chi connectivity index (χ2v) is 8.34. The van der Waals surface area contributed by atoms with Crippen molar-refractivity contribution in [3.05, 3.63) is 58.0 Å². The quantitative estimate of drug-likeness (QED) is 0.721. The van der Waals surface area contributed by atoms with Gasteiger partial charge < -0.3 is 9.88 Å². The molecule has 0 atom stereocenters. The van der Waals surface area contributed by atoms with Crippen LogP contribution < -0.4 is 5.32 Å². The molecule has 0 aliphatic heterocycles. The van der Waals surface area contributed by atoms with Gasteiger partial charge in [-0.2, -0.15) is 0 Å². The Bertz CT molecular complexity index is 872. The van der Waals surface area contributed by atoms with Crippen LogP contribution in [0.4, 0.5) is 5.69 Å². The minimum atomic E-state index is -0.0103. The van der Waals surface area contributed by atoms with Gasteiger partial charge in [0.05, 0.1) is 4.88 Å². The van der Waals surface area contributed by atoms with Crippen LogP contribution >= 0.6 is 23.1 Å². The van der Waals surface area contributed by atoms with Crippen molar-refractivity contribution in [2.45, 2.75) is 35.7 Å². The molecule has 1 aliphatic rings. The lowest BCUT2D eigenvalue weighted by molar-refractivity contribution is 0.103. The first-order valence-electron chi connectivity index (χ1n) is 8.37. The van der Waals surface area contributed by atoms with Gasteiger partial charge in [-0.15, -0.1) is 11.3 Å². The Kier molecular flexibility index (Phi) is 4.63. The van der Waals surface area contributed by atoms with Gasteiger partial charge in [0, 0.05) is 34.9 Å². The number of carbonyl (C=O) groups is 1. The highest BCUT2D eigenvalue weighted by molar-refractivity contribution is 7.99. The smallest absolute Gasteiger partial charge is 0.265 e. The van der Waals surface area contributed by atoms with E-state index in [4.69, 9.17) is 0 Å². The molecule has 1 aromatic carbocycles. The van der Waals surface area contributed by atoms with E-state index < -0.39 is 0 Å². The first-order valence-corrected chi connectivity index (χ1v) is 10.0. The molecule has 0 saturated carbocycles. The summed E-state index contributed by atoms with van der Waals surface area (Å²) in [6.45, 7) is 0. The normalized spacial score (nSPS) is 13.5. The zero-order valence-electron chi connectivity index (χ0n) is 14.0. The lowest BCUT2D eigenvalue weighted by Gasteiger charge is -2.08. The number of fused-ring (bicyclic) bond motifs is 1. The van der Waals surface area contributed by atoms with Gasteiger partial charge in [-0.1, -0.05) is 11.8 Å². The fraction of sp³-hybridized carbons (Fsp3) is 0.263. The van der Waals surface area contributed by atoms with Crippen molar-refractivity contribution in [1.29, 1.82) is 0 Å². The van der Waals surface area contributed by atoms with E-state index in [9.17, 15) is 4.79 Å². The number of hydrogen-bond acceptors (Lipinski definition) is 4. The van der Waals surface area contributed by atoms with E-state index in [1.54, 1.807) is 29.3 Å². The van der Waals surface area contributed by atoms with Crippen LogP contribution in [0.15, 0.2) is 52.8 Å². The maximum Gasteiger partial charge on any atom is 0.265 e. The third kappa shape index (κ3) is 3.65. The van der Waals surface area contributed by atoms with Crippen LogP contribution in [0.2, 0.25) is 0 Å². The number of amides is 1. The topological polar surface area (TPSA) is 46.9 Å². The number of nitrogens with one attached hydrogen (secondary N) is 1. The van der Waals surface area contributed by atoms with Crippen molar-refractivity contribution in [3.8, 4) is 0 Å². The zero-order valence-corrected chi connectivity index (χ0v) is 15.6. The SMILES string of the molecule is Cn1ccnc1Sc1ccc(NC(=O)c2cc3c(s2)CCCC3)cc1. The Morgan fingerprint density at radius 3 is 2.76 bits per heavy atom. The van der Waals surface area contributed by atoms with Gasteiger partial charge in [0.15, 0.2) is 5.16 Å². The Labute approximate surface area is 155 Å². The molecule has 4 rings (SSSR count). The average Bonchev–Trinajstić information content (AvgIpc) is 3.23. The summed E-state index contributed by atoms with van der Waals surface area (Å²) in [7, 11) is 1.98. The molecule has 0 radical (unpaired) electrons. The lowest BCUT2D eigenvalue weighted by atomic mass is 9.99. The van der Waals surface area contributed by atoms with Gasteiger partial charge in [-0.3, -0.25) is 4.79 Å². The first-order chi connectivity index (χ1) is 12.2. The van der Waals surface area contributed by atoms with Crippen molar-refractivity contribution < 1.29 is 4.79 Å². The summed E-state index contributed by atoms with van der Waals surface area (Å²) in [6.07, 6.45) is 8.42. The highest BCUT2D eigenvalue weighted by Gasteiger charge is 2.17. The number of thiophene rings is 1. The van der Waals surface area contributed by atoms with E-state index in [1.165, 1.54) is 23.3 Å². The third-order valence-corrected chi connectivity index (χ3v) is 6.64. The van der Waals surface area contributed by atoms with Crippen LogP contribution in [0.5, 0.6) is 0 Å². The van der Waals surface area contributed by atoms with Gasteiger partial charge in [-0.25, -0.2) is 4.98 Å². The molecular formula is C19H19N3OS2. The van der Waals surface area contributed by atoms with Crippen LogP contribution in [0.1, 0.15) is 33.0 Å². The molecule has 0 unspecified atom stereocenters. The van der Waals surface area contributed by atoms with Crippen LogP contribution in [0.3, 0.4) is 0 Å². The number of carbonyl (C=O) groups excluding carboxylic acids is 1. The molecule has 1 N–H and O–H groups in total. The Morgan fingerprint density at radius 2 is 2.04 bits per heavy atom. The average molecular weight is 370 g/mol. The maximum absolute atomic E-state index is 12.5. The van der Waals surface area contributed by atoms with Crippen LogP contribution in [-0.2, 0) is 19.9 Å². The van der Waals surface area contributed by atoms with E-state index in [-0.39, 0.29) is 5.91 Å². The molecule has 6 heteroatoms. The van der Waals surface area contributed by atoms with Gasteiger partial charge in [-0.05, 0) is 61.6 Å². The first kappa shape index (κ1) is 16.4. The van der Waals surface area contributed by atoms with E-state index in [1.807, 2.05) is 42.1 Å². The van der Waals surface area contributed by atoms with Crippen LogP contribution in [-0.4, -0.2) is 15.5 Å². The van der Waals surface area contributed by atoms with Gasteiger partial charge >= 0.3 is 0 Å². The van der Waals surface area contributed by atoms with E-state index >= 15 is 0 Å². The summed E-state index contributed by atoms with van der Waals surface area (Å²) in [5, 5.41) is 3.95. The van der Waals surface area contributed by atoms with E-state index in [0.29, 0.717) is 0 Å². The van der Waals surface area contributed by atoms with Gasteiger partial charge in [0.25, 0.3) is 5.91 Å². The Balaban J connectivity index is 1.43. The summed E-state index contributed by atoms with van der Waals surface area (Å²) in [4.78, 5) is 20.1. The van der Waals surface area contributed by atoms with Crippen molar-refractivity contribution in [2.24, 2.45) is 7.05 Å². The fourth-order valence-corrected chi connectivity index (χ4v) is 4.91. The maximum atomic E-state index is 12.5. The molecule has 25 heavy (non-hydrogen) atoms. The largest absolute Gasteiger partial charge is 0.329 e. The molecule has 0 bridgehead atoms. The fourth-order valence-electron chi connectivity index (χ4n) is 2.96. The van der Waals surface area contributed by atoms with Crippen LogP contribution in [0.25, 0.3) is 0 Å². The number of aryl methyl sites for hydroxylation is 3. The van der Waals surface area contributed by atoms with Crippen LogP contribution in [0, 0.1) is 0 Å². The summed E-state index contributed by atoms with van der Waals surface area (Å²) < 4.78 is 1.99. The zero-order chi connectivity index (χ0) is 17.2. The predicted octanol–water partition coefficient (Wildman–Crippen LogP) is 4.76. The summed E-state index contributed by atoms with van der Waals surface area (Å²) in [6, 6.07) is 9.97. The van der Waals surface area contributed by atoms with E-state index in [0.717, 1.165) is 33.5 Å². The minimum Gasteiger partial charge on any atom is -0.329 e. The number of hydrogen-bond donors (Lipinski definition) is 1. The number of anilines is 1. The molecular weight excluding hydrogens is 350 g/mol. The molecule has 4 nitrogen and oxygen atoms in total. The van der Waals surface area contributed by atoms with Gasteiger partial charge in [0.1, 0.15) is 0 Å². The molecule has 3 aromatic rings. The molecule has 0 fully saturated rings. The third-order valence-electron chi connectivity index (χ3n) is 4.32. The van der Waals surface area contributed by atoms with Gasteiger partial charge in [0.2, 0.25) is 0 Å². The molecule has 0 saturated heterocycles. The Hall–Kier alpha value is -2.05. The highest BCUT2D eigenvalue weighted by Crippen LogP contribution is 2.30. The summed E-state index contributed by atoms with van der Waals surface area (Å²) in [5.74, 6) is -0.0103. The second kappa shape index (κ2) is 7.06. The molecule has 1 aliphatic carbocycles. The molecule has 1 amide bonds. The van der Waals surface area contributed by atoms with Crippen molar-refractivity contribution in [3.63, 3.8) is 0 Å². The Morgan fingerprint density at radius 1 is 1.24 bits per heavy atom. The lowest BCUT2D eigenvalue weighted by Crippen LogP contribution is -2.09. The molecule has 128 valence electrons. The standard InChI is InChI=1S/C19H19N3OS2/c1-22-11-10-20-19(22)24-15-8-6-14(7-9-15)21-18(23)17-12-13-4-2-3-5-16(13)25-17/h6-12H,2-5H2,1H3,(H,21,23). The molecule has 2 heterocycles. The summed E-state index contributed by atoms with van der Waals surface area (Å²) >= 11 is 3.25. The van der Waals surface area contributed by atoms with Crippen molar-refractivity contribution in [2.75, 3.05) is 5.32 Å². The predicted molar refractivity (Wildman–Crippen MR) is 103 cm³/mol. The van der Waals surface area contributed by atoms with Crippen molar-refractivity contribution in [1.82, 2.24) is 9.55 Å². The highest BCUT2D eigenvalue weighted by atomic mass is 32.2. The second-order valence-electron chi connectivity index (χ2n) is 6.17. The molecule has 0 spiro atoms. The monoisotopic (exact) mass is 369 g/mol.